The van der Waals surface area contributed by atoms with Gasteiger partial charge >= 0.3 is 0 Å². The summed E-state index contributed by atoms with van der Waals surface area (Å²) in [5, 5.41) is 8.68. The van der Waals surface area contributed by atoms with Gasteiger partial charge < -0.3 is 5.32 Å². The Balaban J connectivity index is 1.60. The van der Waals surface area contributed by atoms with E-state index in [4.69, 9.17) is 5.14 Å². The van der Waals surface area contributed by atoms with Crippen LogP contribution in [0.5, 0.6) is 0 Å². The fourth-order valence-electron chi connectivity index (χ4n) is 2.37. The molecule has 130 valence electrons. The van der Waals surface area contributed by atoms with Gasteiger partial charge in [0.1, 0.15) is 5.82 Å². The Hall–Kier alpha value is -2.29. The zero-order chi connectivity index (χ0) is 18.0. The lowest BCUT2D eigenvalue weighted by atomic mass is 10.1. The number of benzene rings is 2. The summed E-state index contributed by atoms with van der Waals surface area (Å²) in [5.74, 6) is -0.549. The van der Waals surface area contributed by atoms with Crippen LogP contribution >= 0.6 is 11.3 Å². The molecule has 1 amide bonds. The van der Waals surface area contributed by atoms with Gasteiger partial charge in [0.05, 0.1) is 9.77 Å². The van der Waals surface area contributed by atoms with Crippen molar-refractivity contribution in [3.63, 3.8) is 0 Å². The Bertz CT molecular complexity index is 1030. The fraction of sp³-hybridized carbons (Fsp3) is 0.118. The van der Waals surface area contributed by atoms with Crippen molar-refractivity contribution in [2.45, 2.75) is 11.3 Å². The minimum atomic E-state index is -3.70. The van der Waals surface area contributed by atoms with Gasteiger partial charge in [0.15, 0.2) is 0 Å². The molecule has 3 aromatic rings. The van der Waals surface area contributed by atoms with E-state index in [2.05, 4.69) is 5.32 Å². The predicted molar refractivity (Wildman–Crippen MR) is 95.6 cm³/mol. The van der Waals surface area contributed by atoms with Crippen LogP contribution in [-0.2, 0) is 16.4 Å². The average molecular weight is 378 g/mol. The molecule has 3 N–H and O–H groups in total. The third kappa shape index (κ3) is 4.22. The summed E-state index contributed by atoms with van der Waals surface area (Å²) in [6.45, 7) is 0.399. The van der Waals surface area contributed by atoms with Crippen molar-refractivity contribution in [1.82, 2.24) is 5.32 Å². The molecule has 0 spiro atoms. The Kier molecular flexibility index (Phi) is 4.85. The standard InChI is InChI=1S/C17H15FN2O3S2/c18-13-4-3-12-9-16(24-15(12)10-13)17(21)20-8-7-11-1-5-14(6-2-11)25(19,22)23/h1-6,9-10H,7-8H2,(H,20,21)(H2,19,22,23). The predicted octanol–water partition coefficient (Wildman–Crippen LogP) is 2.66. The van der Waals surface area contributed by atoms with E-state index in [-0.39, 0.29) is 16.6 Å². The van der Waals surface area contributed by atoms with Crippen LogP contribution in [0.4, 0.5) is 4.39 Å². The highest BCUT2D eigenvalue weighted by atomic mass is 32.2. The zero-order valence-electron chi connectivity index (χ0n) is 13.0. The summed E-state index contributed by atoms with van der Waals surface area (Å²) in [4.78, 5) is 12.8. The minimum Gasteiger partial charge on any atom is -0.351 e. The van der Waals surface area contributed by atoms with Crippen LogP contribution in [0.15, 0.2) is 53.4 Å². The molecule has 1 aromatic heterocycles. The second-order valence-electron chi connectivity index (χ2n) is 5.49. The number of amides is 1. The fourth-order valence-corrected chi connectivity index (χ4v) is 3.89. The summed E-state index contributed by atoms with van der Waals surface area (Å²) in [7, 11) is -3.70. The molecule has 0 bridgehead atoms. The van der Waals surface area contributed by atoms with Gasteiger partial charge in [-0.3, -0.25) is 4.79 Å². The van der Waals surface area contributed by atoms with Crippen molar-refractivity contribution in [3.05, 3.63) is 64.8 Å². The first-order valence-electron chi connectivity index (χ1n) is 7.42. The van der Waals surface area contributed by atoms with Crippen LogP contribution in [0.25, 0.3) is 10.1 Å². The molecule has 0 saturated heterocycles. The molecule has 0 aliphatic heterocycles. The first kappa shape index (κ1) is 17.5. The molecule has 8 heteroatoms. The molecule has 0 radical (unpaired) electrons. The second-order valence-corrected chi connectivity index (χ2v) is 8.13. The smallest absolute Gasteiger partial charge is 0.261 e. The van der Waals surface area contributed by atoms with Crippen molar-refractivity contribution >= 4 is 37.4 Å². The van der Waals surface area contributed by atoms with Crippen molar-refractivity contribution in [1.29, 1.82) is 0 Å². The Labute approximate surface area is 148 Å². The highest BCUT2D eigenvalue weighted by molar-refractivity contribution is 7.89. The van der Waals surface area contributed by atoms with Gasteiger partial charge in [0.2, 0.25) is 10.0 Å². The molecule has 0 atom stereocenters. The summed E-state index contributed by atoms with van der Waals surface area (Å²) in [6, 6.07) is 12.3. The maximum Gasteiger partial charge on any atom is 0.261 e. The molecule has 0 unspecified atom stereocenters. The third-order valence-corrected chi connectivity index (χ3v) is 5.68. The van der Waals surface area contributed by atoms with Gasteiger partial charge in [-0.25, -0.2) is 17.9 Å². The molecule has 0 saturated carbocycles. The molecule has 2 aromatic carbocycles. The molecule has 3 rings (SSSR count). The summed E-state index contributed by atoms with van der Waals surface area (Å²) in [5.41, 5.74) is 0.881. The molecule has 1 heterocycles. The largest absolute Gasteiger partial charge is 0.351 e. The van der Waals surface area contributed by atoms with Gasteiger partial charge in [-0.1, -0.05) is 18.2 Å². The summed E-state index contributed by atoms with van der Waals surface area (Å²) < 4.78 is 36.3. The maximum absolute atomic E-state index is 13.2. The van der Waals surface area contributed by atoms with Crippen LogP contribution in [0.1, 0.15) is 15.2 Å². The lowest BCUT2D eigenvalue weighted by Crippen LogP contribution is -2.24. The van der Waals surface area contributed by atoms with Crippen LogP contribution in [0, 0.1) is 5.82 Å². The van der Waals surface area contributed by atoms with E-state index < -0.39 is 10.0 Å². The number of nitrogens with two attached hydrogens (primary N) is 1. The van der Waals surface area contributed by atoms with Crippen molar-refractivity contribution in [3.8, 4) is 0 Å². The second kappa shape index (κ2) is 6.91. The number of halogens is 1. The van der Waals surface area contributed by atoms with E-state index in [9.17, 15) is 17.6 Å². The number of carbonyl (C=O) groups is 1. The maximum atomic E-state index is 13.2. The van der Waals surface area contributed by atoms with Crippen molar-refractivity contribution < 1.29 is 17.6 Å². The Morgan fingerprint density at radius 3 is 2.52 bits per heavy atom. The van der Waals surface area contributed by atoms with Crippen LogP contribution < -0.4 is 10.5 Å². The molecule has 0 fully saturated rings. The van der Waals surface area contributed by atoms with Gasteiger partial charge in [-0.2, -0.15) is 0 Å². The molecule has 0 aliphatic carbocycles. The topological polar surface area (TPSA) is 89.3 Å². The number of sulfonamides is 1. The number of carbonyl (C=O) groups excluding carboxylic acids is 1. The normalized spacial score (nSPS) is 11.6. The highest BCUT2D eigenvalue weighted by Crippen LogP contribution is 2.26. The molecule has 5 nitrogen and oxygen atoms in total. The van der Waals surface area contributed by atoms with Crippen LogP contribution in [0.3, 0.4) is 0 Å². The van der Waals surface area contributed by atoms with Gasteiger partial charge in [0.25, 0.3) is 5.91 Å². The lowest BCUT2D eigenvalue weighted by molar-refractivity contribution is 0.0958. The monoisotopic (exact) mass is 378 g/mol. The lowest BCUT2D eigenvalue weighted by Gasteiger charge is -2.05. The van der Waals surface area contributed by atoms with Gasteiger partial charge in [0, 0.05) is 11.2 Å². The Morgan fingerprint density at radius 1 is 1.12 bits per heavy atom. The first-order valence-corrected chi connectivity index (χ1v) is 9.78. The quantitative estimate of drug-likeness (QED) is 0.715. The van der Waals surface area contributed by atoms with Crippen LogP contribution in [0.2, 0.25) is 0 Å². The SMILES string of the molecule is NS(=O)(=O)c1ccc(CCNC(=O)c2cc3ccc(F)cc3s2)cc1. The Morgan fingerprint density at radius 2 is 1.84 bits per heavy atom. The third-order valence-electron chi connectivity index (χ3n) is 3.66. The molecule has 25 heavy (non-hydrogen) atoms. The molecular formula is C17H15FN2O3S2. The van der Waals surface area contributed by atoms with Gasteiger partial charge in [-0.15, -0.1) is 11.3 Å². The molecular weight excluding hydrogens is 363 g/mol. The van der Waals surface area contributed by atoms with E-state index >= 15 is 0 Å². The van der Waals surface area contributed by atoms with E-state index in [1.165, 1.54) is 35.6 Å². The summed E-state index contributed by atoms with van der Waals surface area (Å²) >= 11 is 1.24. The van der Waals surface area contributed by atoms with E-state index in [0.29, 0.717) is 17.8 Å². The number of nitrogens with one attached hydrogen (secondary N) is 1. The number of primary sulfonamides is 1. The van der Waals surface area contributed by atoms with E-state index in [1.807, 2.05) is 0 Å². The average Bonchev–Trinajstić information content (AvgIpc) is 2.97. The van der Waals surface area contributed by atoms with E-state index in [1.54, 1.807) is 24.3 Å². The van der Waals surface area contributed by atoms with E-state index in [0.717, 1.165) is 15.6 Å². The van der Waals surface area contributed by atoms with Crippen LogP contribution in [-0.4, -0.2) is 20.9 Å². The number of fused-ring (bicyclic) bond motifs is 1. The van der Waals surface area contributed by atoms with Crippen molar-refractivity contribution in [2.75, 3.05) is 6.54 Å². The number of rotatable bonds is 5. The number of thiophene rings is 1. The zero-order valence-corrected chi connectivity index (χ0v) is 14.7. The molecule has 0 aliphatic rings. The first-order chi connectivity index (χ1) is 11.8. The summed E-state index contributed by atoms with van der Waals surface area (Å²) in [6.07, 6.45) is 0.552. The highest BCUT2D eigenvalue weighted by Gasteiger charge is 2.11. The number of hydrogen-bond acceptors (Lipinski definition) is 4. The number of hydrogen-bond donors (Lipinski definition) is 2. The van der Waals surface area contributed by atoms with Crippen molar-refractivity contribution in [2.24, 2.45) is 5.14 Å². The van der Waals surface area contributed by atoms with Gasteiger partial charge in [-0.05, 0) is 47.7 Å². The minimum absolute atomic E-state index is 0.0535.